The lowest BCUT2D eigenvalue weighted by molar-refractivity contribution is 0.0526. The molecule has 1 aliphatic heterocycles. The molecule has 2 aromatic rings. The first-order valence-electron chi connectivity index (χ1n) is 11.4. The number of hydrogen-bond acceptors (Lipinski definition) is 5. The van der Waals surface area contributed by atoms with E-state index in [0.29, 0.717) is 25.2 Å². The Labute approximate surface area is 201 Å². The minimum Gasteiger partial charge on any atom is -0.462 e. The third-order valence-electron chi connectivity index (χ3n) is 6.01. The Morgan fingerprint density at radius 3 is 2.26 bits per heavy atom. The molecule has 1 saturated heterocycles. The maximum Gasteiger partial charge on any atom is 0.338 e. The maximum atomic E-state index is 13.0. The Kier molecular flexibility index (Phi) is 7.99. The molecule has 0 saturated carbocycles. The maximum absolute atomic E-state index is 13.0. The zero-order valence-electron chi connectivity index (χ0n) is 20.2. The van der Waals surface area contributed by atoms with E-state index in [-0.39, 0.29) is 36.0 Å². The number of urea groups is 1. The van der Waals surface area contributed by atoms with Gasteiger partial charge in [-0.2, -0.15) is 4.31 Å². The fourth-order valence-corrected chi connectivity index (χ4v) is 5.26. The van der Waals surface area contributed by atoms with E-state index in [9.17, 15) is 18.0 Å². The molecule has 2 amide bonds. The number of piperazine rings is 1. The predicted molar refractivity (Wildman–Crippen MR) is 130 cm³/mol. The van der Waals surface area contributed by atoms with E-state index in [1.165, 1.54) is 34.1 Å². The van der Waals surface area contributed by atoms with Gasteiger partial charge in [-0.1, -0.05) is 43.7 Å². The number of nitrogens with zero attached hydrogens (tertiary/aromatic N) is 2. The largest absolute Gasteiger partial charge is 0.462 e. The van der Waals surface area contributed by atoms with Gasteiger partial charge >= 0.3 is 12.0 Å². The second-order valence-corrected chi connectivity index (χ2v) is 11.0. The fraction of sp³-hybridized carbons (Fsp3) is 0.440. The summed E-state index contributed by atoms with van der Waals surface area (Å²) in [5, 5.41) is 3.00. The van der Waals surface area contributed by atoms with Gasteiger partial charge in [-0.15, -0.1) is 0 Å². The van der Waals surface area contributed by atoms with Crippen LogP contribution in [0.15, 0.2) is 53.4 Å². The van der Waals surface area contributed by atoms with Crippen molar-refractivity contribution in [3.05, 3.63) is 65.2 Å². The summed E-state index contributed by atoms with van der Waals surface area (Å²) in [5.41, 5.74) is 2.39. The molecule has 0 unspecified atom stereocenters. The summed E-state index contributed by atoms with van der Waals surface area (Å²) in [5.74, 6) is -0.489. The van der Waals surface area contributed by atoms with Crippen LogP contribution in [0, 0.1) is 6.92 Å². The molecule has 0 atom stereocenters. The van der Waals surface area contributed by atoms with Gasteiger partial charge in [0.25, 0.3) is 0 Å². The Hall–Kier alpha value is -2.91. The molecule has 0 spiro atoms. The van der Waals surface area contributed by atoms with E-state index < -0.39 is 16.0 Å². The number of carbonyl (C=O) groups excluding carboxylic acids is 2. The molecular formula is C25H33N3O5S. The summed E-state index contributed by atoms with van der Waals surface area (Å²) >= 11 is 0. The van der Waals surface area contributed by atoms with Gasteiger partial charge in [0.2, 0.25) is 10.0 Å². The van der Waals surface area contributed by atoms with Crippen molar-refractivity contribution < 1.29 is 22.7 Å². The second kappa shape index (κ2) is 10.6. The minimum atomic E-state index is -3.72. The highest BCUT2D eigenvalue weighted by atomic mass is 32.2. The van der Waals surface area contributed by atoms with Crippen molar-refractivity contribution in [1.29, 1.82) is 0 Å². The summed E-state index contributed by atoms with van der Waals surface area (Å²) < 4.78 is 32.3. The second-order valence-electron chi connectivity index (χ2n) is 9.05. The van der Waals surface area contributed by atoms with E-state index in [0.717, 1.165) is 5.56 Å². The molecule has 0 aromatic heterocycles. The van der Waals surface area contributed by atoms with E-state index in [1.807, 2.05) is 19.1 Å². The molecule has 1 aliphatic rings. The van der Waals surface area contributed by atoms with Crippen LogP contribution in [0.5, 0.6) is 0 Å². The van der Waals surface area contributed by atoms with Gasteiger partial charge in [-0.05, 0) is 43.7 Å². The molecule has 1 fully saturated rings. The van der Waals surface area contributed by atoms with Crippen molar-refractivity contribution in [2.75, 3.05) is 39.3 Å². The monoisotopic (exact) mass is 487 g/mol. The van der Waals surface area contributed by atoms with E-state index in [4.69, 9.17) is 4.74 Å². The predicted octanol–water partition coefficient (Wildman–Crippen LogP) is 3.17. The van der Waals surface area contributed by atoms with E-state index in [1.54, 1.807) is 11.8 Å². The first kappa shape index (κ1) is 25.7. The number of carbonyl (C=O) groups is 2. The molecule has 3 rings (SSSR count). The van der Waals surface area contributed by atoms with Crippen molar-refractivity contribution in [2.24, 2.45) is 0 Å². The summed E-state index contributed by atoms with van der Waals surface area (Å²) in [7, 11) is -3.72. The fourth-order valence-electron chi connectivity index (χ4n) is 3.83. The van der Waals surface area contributed by atoms with Crippen LogP contribution in [-0.2, 0) is 20.2 Å². The number of nitrogens with one attached hydrogen (secondary N) is 1. The molecule has 8 nitrogen and oxygen atoms in total. The van der Waals surface area contributed by atoms with Gasteiger partial charge in [0, 0.05) is 38.1 Å². The summed E-state index contributed by atoms with van der Waals surface area (Å²) in [6.07, 6.45) is 0. The van der Waals surface area contributed by atoms with Gasteiger partial charge in [0.1, 0.15) is 0 Å². The SMILES string of the molecule is CCOC(=O)c1ccc(S(=O)(=O)N2CCN(C(=O)NCC(C)(C)c3cccc(C)c3)CC2)cc1. The van der Waals surface area contributed by atoms with Gasteiger partial charge in [0.15, 0.2) is 0 Å². The van der Waals surface area contributed by atoms with Gasteiger partial charge in [0.05, 0.1) is 17.1 Å². The topological polar surface area (TPSA) is 96.0 Å². The Bertz CT molecular complexity index is 1120. The molecule has 2 aromatic carbocycles. The van der Waals surface area contributed by atoms with Crippen LogP contribution in [0.25, 0.3) is 0 Å². The van der Waals surface area contributed by atoms with Gasteiger partial charge in [-0.3, -0.25) is 0 Å². The molecule has 34 heavy (non-hydrogen) atoms. The van der Waals surface area contributed by atoms with Crippen LogP contribution in [0.2, 0.25) is 0 Å². The average molecular weight is 488 g/mol. The Morgan fingerprint density at radius 1 is 1.03 bits per heavy atom. The number of esters is 1. The van der Waals surface area contributed by atoms with Crippen molar-refractivity contribution in [3.63, 3.8) is 0 Å². The number of amides is 2. The third kappa shape index (κ3) is 5.95. The molecule has 9 heteroatoms. The molecule has 1 N–H and O–H groups in total. The Balaban J connectivity index is 1.55. The van der Waals surface area contributed by atoms with Crippen molar-refractivity contribution in [1.82, 2.24) is 14.5 Å². The smallest absolute Gasteiger partial charge is 0.338 e. The number of sulfonamides is 1. The number of rotatable bonds is 7. The Morgan fingerprint density at radius 2 is 1.68 bits per heavy atom. The lowest BCUT2D eigenvalue weighted by Gasteiger charge is -2.35. The number of aryl methyl sites for hydroxylation is 1. The zero-order chi connectivity index (χ0) is 24.9. The van der Waals surface area contributed by atoms with Crippen LogP contribution in [-0.4, -0.2) is 69.0 Å². The summed E-state index contributed by atoms with van der Waals surface area (Å²) in [4.78, 5) is 26.3. The van der Waals surface area contributed by atoms with Gasteiger partial charge < -0.3 is 15.0 Å². The molecule has 1 heterocycles. The first-order chi connectivity index (χ1) is 16.0. The van der Waals surface area contributed by atoms with Crippen LogP contribution >= 0.6 is 0 Å². The first-order valence-corrected chi connectivity index (χ1v) is 12.9. The van der Waals surface area contributed by atoms with Crippen LogP contribution in [0.4, 0.5) is 4.79 Å². The highest BCUT2D eigenvalue weighted by molar-refractivity contribution is 7.89. The molecule has 0 bridgehead atoms. The van der Waals surface area contributed by atoms with Crippen molar-refractivity contribution in [2.45, 2.75) is 38.0 Å². The van der Waals surface area contributed by atoms with Crippen molar-refractivity contribution >= 4 is 22.0 Å². The third-order valence-corrected chi connectivity index (χ3v) is 7.92. The normalized spacial score (nSPS) is 15.1. The molecular weight excluding hydrogens is 454 g/mol. The van der Waals surface area contributed by atoms with Gasteiger partial charge in [-0.25, -0.2) is 18.0 Å². The highest BCUT2D eigenvalue weighted by Crippen LogP contribution is 2.23. The van der Waals surface area contributed by atoms with Crippen LogP contribution < -0.4 is 5.32 Å². The van der Waals surface area contributed by atoms with Crippen LogP contribution in [0.1, 0.15) is 42.3 Å². The molecule has 0 radical (unpaired) electrons. The lowest BCUT2D eigenvalue weighted by Crippen LogP contribution is -2.54. The number of hydrogen-bond donors (Lipinski definition) is 1. The van der Waals surface area contributed by atoms with E-state index in [2.05, 4.69) is 31.3 Å². The van der Waals surface area contributed by atoms with Crippen molar-refractivity contribution in [3.8, 4) is 0 Å². The summed E-state index contributed by atoms with van der Waals surface area (Å²) in [6.45, 7) is 9.66. The highest BCUT2D eigenvalue weighted by Gasteiger charge is 2.31. The quantitative estimate of drug-likeness (QED) is 0.605. The zero-order valence-corrected chi connectivity index (χ0v) is 21.0. The summed E-state index contributed by atoms with van der Waals surface area (Å²) in [6, 6.07) is 13.8. The van der Waals surface area contributed by atoms with E-state index >= 15 is 0 Å². The molecule has 184 valence electrons. The molecule has 0 aliphatic carbocycles. The standard InChI is InChI=1S/C25H33N3O5S/c1-5-33-23(29)20-9-11-22(12-10-20)34(31,32)28-15-13-27(14-16-28)24(30)26-18-25(3,4)21-8-6-7-19(2)17-21/h6-12,17H,5,13-16,18H2,1-4H3,(H,26,30). The number of benzene rings is 2. The minimum absolute atomic E-state index is 0.110. The lowest BCUT2D eigenvalue weighted by atomic mass is 9.84. The average Bonchev–Trinajstić information content (AvgIpc) is 2.83. The van der Waals surface area contributed by atoms with Crippen LogP contribution in [0.3, 0.4) is 0 Å². The number of ether oxygens (including phenoxy) is 1.